The number of carbonyl (C=O) groups is 1. The van der Waals surface area contributed by atoms with Gasteiger partial charge in [0.05, 0.1) is 6.42 Å². The Bertz CT molecular complexity index is 329. The third-order valence-corrected chi connectivity index (χ3v) is 2.80. The van der Waals surface area contributed by atoms with Crippen molar-refractivity contribution in [3.8, 4) is 0 Å². The highest BCUT2D eigenvalue weighted by Gasteiger charge is 2.04. The van der Waals surface area contributed by atoms with E-state index in [4.69, 9.17) is 10.5 Å². The first-order chi connectivity index (χ1) is 8.51. The molecule has 1 unspecified atom stereocenters. The summed E-state index contributed by atoms with van der Waals surface area (Å²) < 4.78 is 4.91. The van der Waals surface area contributed by atoms with E-state index in [2.05, 4.69) is 12.7 Å². The van der Waals surface area contributed by atoms with Gasteiger partial charge in [0.15, 0.2) is 0 Å². The summed E-state index contributed by atoms with van der Waals surface area (Å²) in [5.41, 5.74) is 8.20. The minimum atomic E-state index is -0.211. The molecule has 0 aromatic rings. The second-order valence-electron chi connectivity index (χ2n) is 4.42. The number of hydrogen-bond donors (Lipinski definition) is 1. The molecule has 0 aromatic heterocycles. The van der Waals surface area contributed by atoms with Crippen molar-refractivity contribution in [1.82, 2.24) is 0 Å². The zero-order chi connectivity index (χ0) is 14.0. The van der Waals surface area contributed by atoms with E-state index in [-0.39, 0.29) is 18.6 Å². The molecule has 0 heterocycles. The lowest BCUT2D eigenvalue weighted by molar-refractivity contribution is -0.141. The molecule has 0 rings (SSSR count). The van der Waals surface area contributed by atoms with Gasteiger partial charge in [0.1, 0.15) is 6.61 Å². The Morgan fingerprint density at radius 3 is 2.67 bits per heavy atom. The fourth-order valence-corrected chi connectivity index (χ4v) is 1.45. The quantitative estimate of drug-likeness (QED) is 0.532. The van der Waals surface area contributed by atoms with Crippen LogP contribution in [0.3, 0.4) is 0 Å². The minimum absolute atomic E-state index is 0.103. The van der Waals surface area contributed by atoms with Crippen LogP contribution in [-0.2, 0) is 9.53 Å². The van der Waals surface area contributed by atoms with Gasteiger partial charge in [0, 0.05) is 6.04 Å². The van der Waals surface area contributed by atoms with Crippen LogP contribution in [0.15, 0.2) is 36.0 Å². The third kappa shape index (κ3) is 7.85. The number of carbonyl (C=O) groups excluding carboxylic acids is 1. The molecule has 3 nitrogen and oxygen atoms in total. The third-order valence-electron chi connectivity index (χ3n) is 2.80. The molecule has 0 radical (unpaired) electrons. The smallest absolute Gasteiger partial charge is 0.310 e. The van der Waals surface area contributed by atoms with Crippen LogP contribution >= 0.6 is 0 Å². The van der Waals surface area contributed by atoms with Gasteiger partial charge in [0.25, 0.3) is 0 Å². The van der Waals surface area contributed by atoms with E-state index in [0.717, 1.165) is 18.4 Å². The molecule has 0 amide bonds. The average Bonchev–Trinajstić information content (AvgIpc) is 2.34. The molecular formula is C15H25NO2. The molecule has 18 heavy (non-hydrogen) atoms. The summed E-state index contributed by atoms with van der Waals surface area (Å²) in [4.78, 5) is 11.3. The normalized spacial score (nSPS) is 14.2. The predicted molar refractivity (Wildman–Crippen MR) is 76.2 cm³/mol. The highest BCUT2D eigenvalue weighted by molar-refractivity contribution is 5.72. The molecule has 1 atom stereocenters. The summed E-state index contributed by atoms with van der Waals surface area (Å²) >= 11 is 0. The Balaban J connectivity index is 3.97. The number of hydrogen-bond acceptors (Lipinski definition) is 3. The monoisotopic (exact) mass is 251 g/mol. The molecule has 0 saturated heterocycles. The van der Waals surface area contributed by atoms with Crippen LogP contribution in [0.25, 0.3) is 0 Å². The van der Waals surface area contributed by atoms with Crippen molar-refractivity contribution in [3.05, 3.63) is 36.0 Å². The van der Waals surface area contributed by atoms with Gasteiger partial charge in [-0.05, 0) is 33.6 Å². The SMILES string of the molecule is C=CCOC(=O)C/C(C)=C/CCC(N)/C(C)=C/C. The topological polar surface area (TPSA) is 52.3 Å². The van der Waals surface area contributed by atoms with Gasteiger partial charge in [0.2, 0.25) is 0 Å². The zero-order valence-electron chi connectivity index (χ0n) is 11.7. The van der Waals surface area contributed by atoms with Crippen LogP contribution in [-0.4, -0.2) is 18.6 Å². The average molecular weight is 251 g/mol. The van der Waals surface area contributed by atoms with E-state index >= 15 is 0 Å². The van der Waals surface area contributed by atoms with Crippen molar-refractivity contribution < 1.29 is 9.53 Å². The van der Waals surface area contributed by atoms with Crippen LogP contribution < -0.4 is 5.73 Å². The zero-order valence-corrected chi connectivity index (χ0v) is 11.7. The lowest BCUT2D eigenvalue weighted by Gasteiger charge is -2.10. The lowest BCUT2D eigenvalue weighted by atomic mass is 10.0. The Labute approximate surface area is 110 Å². The summed E-state index contributed by atoms with van der Waals surface area (Å²) in [5.74, 6) is -0.211. The van der Waals surface area contributed by atoms with Crippen molar-refractivity contribution in [2.75, 3.05) is 6.61 Å². The summed E-state index contributed by atoms with van der Waals surface area (Å²) in [5, 5.41) is 0. The number of esters is 1. The first kappa shape index (κ1) is 16.6. The fraction of sp³-hybridized carbons (Fsp3) is 0.533. The van der Waals surface area contributed by atoms with Crippen molar-refractivity contribution >= 4 is 5.97 Å². The molecule has 0 aliphatic carbocycles. The van der Waals surface area contributed by atoms with E-state index in [1.807, 2.05) is 26.8 Å². The van der Waals surface area contributed by atoms with Gasteiger partial charge in [-0.3, -0.25) is 4.79 Å². The Morgan fingerprint density at radius 2 is 2.11 bits per heavy atom. The largest absolute Gasteiger partial charge is 0.461 e. The molecule has 3 heteroatoms. The highest BCUT2D eigenvalue weighted by atomic mass is 16.5. The maximum Gasteiger partial charge on any atom is 0.310 e. The molecule has 0 aliphatic rings. The van der Waals surface area contributed by atoms with Gasteiger partial charge in [-0.15, -0.1) is 0 Å². The predicted octanol–water partition coefficient (Wildman–Crippen LogP) is 3.13. The van der Waals surface area contributed by atoms with Gasteiger partial charge >= 0.3 is 5.97 Å². The maximum atomic E-state index is 11.3. The molecule has 0 spiro atoms. The Kier molecular flexibility index (Phi) is 8.93. The first-order valence-corrected chi connectivity index (χ1v) is 6.31. The van der Waals surface area contributed by atoms with Crippen molar-refractivity contribution in [2.24, 2.45) is 5.73 Å². The van der Waals surface area contributed by atoms with Gasteiger partial charge in [-0.1, -0.05) is 36.0 Å². The van der Waals surface area contributed by atoms with E-state index in [1.165, 1.54) is 5.57 Å². The molecular weight excluding hydrogens is 226 g/mol. The van der Waals surface area contributed by atoms with Gasteiger partial charge in [-0.25, -0.2) is 0 Å². The maximum absolute atomic E-state index is 11.3. The van der Waals surface area contributed by atoms with Crippen molar-refractivity contribution in [3.63, 3.8) is 0 Å². The molecule has 2 N–H and O–H groups in total. The fourth-order valence-electron chi connectivity index (χ4n) is 1.45. The van der Waals surface area contributed by atoms with E-state index < -0.39 is 0 Å². The highest BCUT2D eigenvalue weighted by Crippen LogP contribution is 2.09. The molecule has 0 fully saturated rings. The number of rotatable bonds is 8. The Hall–Kier alpha value is -1.35. The van der Waals surface area contributed by atoms with Crippen LogP contribution in [0, 0.1) is 0 Å². The van der Waals surface area contributed by atoms with Crippen LogP contribution in [0.2, 0.25) is 0 Å². The van der Waals surface area contributed by atoms with Crippen LogP contribution in [0.5, 0.6) is 0 Å². The standard InChI is InChI=1S/C15H25NO2/c1-5-10-18-15(17)11-12(3)8-7-9-14(16)13(4)6-2/h5-6,8,14H,1,7,9-11,16H2,2-4H3/b12-8+,13-6+. The molecule has 0 saturated carbocycles. The first-order valence-electron chi connectivity index (χ1n) is 6.31. The summed E-state index contributed by atoms with van der Waals surface area (Å²) in [6.45, 7) is 9.73. The van der Waals surface area contributed by atoms with Crippen molar-refractivity contribution in [1.29, 1.82) is 0 Å². The minimum Gasteiger partial charge on any atom is -0.461 e. The Morgan fingerprint density at radius 1 is 1.44 bits per heavy atom. The number of ether oxygens (including phenoxy) is 1. The van der Waals surface area contributed by atoms with E-state index in [1.54, 1.807) is 6.08 Å². The number of nitrogens with two attached hydrogens (primary N) is 1. The van der Waals surface area contributed by atoms with Gasteiger partial charge in [-0.2, -0.15) is 0 Å². The summed E-state index contributed by atoms with van der Waals surface area (Å²) in [6, 6.07) is 0.103. The number of allylic oxidation sites excluding steroid dienone is 2. The van der Waals surface area contributed by atoms with Gasteiger partial charge < -0.3 is 10.5 Å². The van der Waals surface area contributed by atoms with E-state index in [0.29, 0.717) is 6.42 Å². The van der Waals surface area contributed by atoms with Crippen LogP contribution in [0.4, 0.5) is 0 Å². The second kappa shape index (κ2) is 9.66. The van der Waals surface area contributed by atoms with E-state index in [9.17, 15) is 4.79 Å². The molecule has 0 aromatic carbocycles. The molecule has 102 valence electrons. The molecule has 0 bridgehead atoms. The van der Waals surface area contributed by atoms with Crippen LogP contribution in [0.1, 0.15) is 40.0 Å². The second-order valence-corrected chi connectivity index (χ2v) is 4.42. The summed E-state index contributed by atoms with van der Waals surface area (Å²) in [7, 11) is 0. The summed E-state index contributed by atoms with van der Waals surface area (Å²) in [6.07, 6.45) is 7.77. The lowest BCUT2D eigenvalue weighted by Crippen LogP contribution is -2.20. The molecule has 0 aliphatic heterocycles. The van der Waals surface area contributed by atoms with Crippen molar-refractivity contribution in [2.45, 2.75) is 46.1 Å².